The molecule has 9 heteroatoms. The highest BCUT2D eigenvalue weighted by atomic mass is 32.2. The van der Waals surface area contributed by atoms with E-state index >= 15 is 0 Å². The monoisotopic (exact) mass is 416 g/mol. The van der Waals surface area contributed by atoms with Crippen LogP contribution in [0.2, 0.25) is 0 Å². The molecule has 148 valence electrons. The average Bonchev–Trinajstić information content (AvgIpc) is 3.43. The van der Waals surface area contributed by atoms with Crippen LogP contribution in [0.3, 0.4) is 0 Å². The maximum atomic E-state index is 12.6. The van der Waals surface area contributed by atoms with Crippen molar-refractivity contribution in [2.75, 3.05) is 4.72 Å². The average molecular weight is 416 g/mol. The van der Waals surface area contributed by atoms with Crippen molar-refractivity contribution in [2.45, 2.75) is 4.90 Å². The number of fused-ring (bicyclic) bond motifs is 1. The molecule has 0 aliphatic rings. The Hall–Kier alpha value is -3.98. The minimum atomic E-state index is -3.69. The van der Waals surface area contributed by atoms with Gasteiger partial charge in [-0.25, -0.2) is 13.4 Å². The van der Waals surface area contributed by atoms with E-state index in [2.05, 4.69) is 24.9 Å². The minimum absolute atomic E-state index is 0.194. The van der Waals surface area contributed by atoms with Gasteiger partial charge in [-0.2, -0.15) is 5.10 Å². The van der Waals surface area contributed by atoms with Gasteiger partial charge in [-0.05, 0) is 30.3 Å². The highest BCUT2D eigenvalue weighted by molar-refractivity contribution is 7.92. The molecular weight excluding hydrogens is 400 g/mol. The van der Waals surface area contributed by atoms with Gasteiger partial charge in [0.05, 0.1) is 34.9 Å². The lowest BCUT2D eigenvalue weighted by atomic mass is 10.1. The fourth-order valence-corrected chi connectivity index (χ4v) is 4.28. The molecule has 0 bridgehead atoms. The van der Waals surface area contributed by atoms with E-state index in [-0.39, 0.29) is 4.90 Å². The quantitative estimate of drug-likeness (QED) is 0.456. The maximum absolute atomic E-state index is 12.6. The lowest BCUT2D eigenvalue weighted by Gasteiger charge is -2.10. The molecule has 8 nitrogen and oxygen atoms in total. The predicted molar refractivity (Wildman–Crippen MR) is 113 cm³/mol. The second kappa shape index (κ2) is 7.12. The van der Waals surface area contributed by atoms with Crippen molar-refractivity contribution < 1.29 is 8.42 Å². The molecule has 0 radical (unpaired) electrons. The van der Waals surface area contributed by atoms with Crippen molar-refractivity contribution >= 4 is 21.4 Å². The smallest absolute Gasteiger partial charge is 0.261 e. The molecule has 0 unspecified atom stereocenters. The molecule has 0 aliphatic heterocycles. The van der Waals surface area contributed by atoms with E-state index < -0.39 is 10.0 Å². The normalized spacial score (nSPS) is 11.6. The van der Waals surface area contributed by atoms with Crippen LogP contribution in [0.1, 0.15) is 0 Å². The first-order valence-electron chi connectivity index (χ1n) is 9.10. The van der Waals surface area contributed by atoms with Gasteiger partial charge < -0.3 is 0 Å². The van der Waals surface area contributed by atoms with Gasteiger partial charge in [0.15, 0.2) is 0 Å². The number of pyridine rings is 2. The van der Waals surface area contributed by atoms with Crippen LogP contribution in [0.15, 0.2) is 90.6 Å². The summed E-state index contributed by atoms with van der Waals surface area (Å²) in [7, 11) is -3.69. The molecule has 0 aliphatic carbocycles. The number of nitrogens with one attached hydrogen (secondary N) is 2. The van der Waals surface area contributed by atoms with Crippen LogP contribution >= 0.6 is 0 Å². The molecule has 0 spiro atoms. The molecular formula is C21H16N6O2S. The summed E-state index contributed by atoms with van der Waals surface area (Å²) in [5.74, 6) is 0. The van der Waals surface area contributed by atoms with Gasteiger partial charge in [0, 0.05) is 35.3 Å². The van der Waals surface area contributed by atoms with Crippen LogP contribution in [-0.2, 0) is 10.0 Å². The molecule has 0 atom stereocenters. The van der Waals surface area contributed by atoms with Crippen molar-refractivity contribution in [1.29, 1.82) is 0 Å². The third-order valence-corrected chi connectivity index (χ3v) is 6.07. The van der Waals surface area contributed by atoms with Gasteiger partial charge in [-0.1, -0.05) is 18.2 Å². The lowest BCUT2D eigenvalue weighted by Crippen LogP contribution is -2.12. The number of H-pyrrole nitrogens is 1. The summed E-state index contributed by atoms with van der Waals surface area (Å²) in [6.45, 7) is 0. The van der Waals surface area contributed by atoms with Crippen LogP contribution in [0.5, 0.6) is 0 Å². The molecule has 1 aromatic carbocycles. The summed E-state index contributed by atoms with van der Waals surface area (Å²) in [5.41, 5.74) is 4.65. The number of imidazole rings is 1. The molecule has 4 aromatic heterocycles. The van der Waals surface area contributed by atoms with E-state index in [9.17, 15) is 8.42 Å². The second-order valence-corrected chi connectivity index (χ2v) is 8.34. The zero-order chi connectivity index (χ0) is 20.6. The third kappa shape index (κ3) is 3.31. The number of hydrogen-bond donors (Lipinski definition) is 2. The zero-order valence-electron chi connectivity index (χ0n) is 15.6. The maximum Gasteiger partial charge on any atom is 0.261 e. The number of benzene rings is 1. The van der Waals surface area contributed by atoms with Crippen molar-refractivity contribution in [2.24, 2.45) is 0 Å². The number of nitrogens with zero attached hydrogens (tertiary/aromatic N) is 4. The molecule has 5 aromatic rings. The van der Waals surface area contributed by atoms with Crippen molar-refractivity contribution in [1.82, 2.24) is 24.6 Å². The topological polar surface area (TPSA) is 105 Å². The van der Waals surface area contributed by atoms with Crippen LogP contribution in [-0.4, -0.2) is 33.0 Å². The van der Waals surface area contributed by atoms with Gasteiger partial charge in [-0.15, -0.1) is 0 Å². The van der Waals surface area contributed by atoms with Crippen LogP contribution in [0.25, 0.3) is 28.0 Å². The number of aromatic nitrogens is 5. The molecule has 0 fully saturated rings. The van der Waals surface area contributed by atoms with Crippen LogP contribution < -0.4 is 4.72 Å². The summed E-state index contributed by atoms with van der Waals surface area (Å²) in [6, 6.07) is 13.8. The Morgan fingerprint density at radius 3 is 2.57 bits per heavy atom. The fraction of sp³-hybridized carbons (Fsp3) is 0. The SMILES string of the molecule is O=S(=O)(Nc1cncc(-c2ccc3ncc(-c4cn[nH]c4)n3c2)c1)c1ccccc1. The summed E-state index contributed by atoms with van der Waals surface area (Å²) in [4.78, 5) is 8.83. The predicted octanol–water partition coefficient (Wildman–Crippen LogP) is 3.59. The Balaban J connectivity index is 1.51. The lowest BCUT2D eigenvalue weighted by molar-refractivity contribution is 0.601. The third-order valence-electron chi connectivity index (χ3n) is 4.68. The minimum Gasteiger partial charge on any atom is -0.299 e. The first-order valence-corrected chi connectivity index (χ1v) is 10.6. The number of anilines is 1. The van der Waals surface area contributed by atoms with Crippen molar-refractivity contribution in [3.63, 3.8) is 0 Å². The van der Waals surface area contributed by atoms with Crippen LogP contribution in [0, 0.1) is 0 Å². The van der Waals surface area contributed by atoms with E-state index in [4.69, 9.17) is 0 Å². The molecule has 4 heterocycles. The number of aromatic amines is 1. The van der Waals surface area contributed by atoms with E-state index in [0.29, 0.717) is 5.69 Å². The Morgan fingerprint density at radius 1 is 0.900 bits per heavy atom. The summed E-state index contributed by atoms with van der Waals surface area (Å²) in [6.07, 6.45) is 10.4. The molecule has 0 saturated carbocycles. The number of sulfonamides is 1. The summed E-state index contributed by atoms with van der Waals surface area (Å²) in [5, 5.41) is 6.80. The first kappa shape index (κ1) is 18.1. The molecule has 0 amide bonds. The Labute approximate surface area is 172 Å². The van der Waals surface area contributed by atoms with Crippen LogP contribution in [0.4, 0.5) is 5.69 Å². The van der Waals surface area contributed by atoms with E-state index in [1.54, 1.807) is 61.2 Å². The second-order valence-electron chi connectivity index (χ2n) is 6.66. The van der Waals surface area contributed by atoms with E-state index in [1.165, 1.54) is 6.20 Å². The standard InChI is InChI=1S/C21H16N6O2S/c28-30(29,19-4-2-1-3-5-19)26-18-8-16(9-22-12-18)15-6-7-21-23-13-20(27(21)14-15)17-10-24-25-11-17/h1-14,26H,(H,24,25). The van der Waals surface area contributed by atoms with Gasteiger partial charge >= 0.3 is 0 Å². The Morgan fingerprint density at radius 2 is 1.77 bits per heavy atom. The van der Waals surface area contributed by atoms with Crippen molar-refractivity contribution in [3.8, 4) is 22.4 Å². The summed E-state index contributed by atoms with van der Waals surface area (Å²) < 4.78 is 29.8. The first-order chi connectivity index (χ1) is 14.6. The summed E-state index contributed by atoms with van der Waals surface area (Å²) >= 11 is 0. The Bertz CT molecular complexity index is 1430. The molecule has 30 heavy (non-hydrogen) atoms. The number of rotatable bonds is 5. The van der Waals surface area contributed by atoms with E-state index in [1.807, 2.05) is 22.7 Å². The highest BCUT2D eigenvalue weighted by Crippen LogP contribution is 2.26. The van der Waals surface area contributed by atoms with Gasteiger partial charge in [0.1, 0.15) is 5.65 Å². The largest absolute Gasteiger partial charge is 0.299 e. The van der Waals surface area contributed by atoms with E-state index in [0.717, 1.165) is 28.0 Å². The van der Waals surface area contributed by atoms with Crippen molar-refractivity contribution in [3.05, 3.63) is 85.7 Å². The highest BCUT2D eigenvalue weighted by Gasteiger charge is 2.14. The molecule has 2 N–H and O–H groups in total. The number of hydrogen-bond acceptors (Lipinski definition) is 5. The van der Waals surface area contributed by atoms with Gasteiger partial charge in [0.2, 0.25) is 0 Å². The Kier molecular flexibility index (Phi) is 4.29. The zero-order valence-corrected chi connectivity index (χ0v) is 16.4. The molecule has 0 saturated heterocycles. The fourth-order valence-electron chi connectivity index (χ4n) is 3.22. The van der Waals surface area contributed by atoms with Gasteiger partial charge in [-0.3, -0.25) is 19.2 Å². The molecule has 5 rings (SSSR count). The van der Waals surface area contributed by atoms with Gasteiger partial charge in [0.25, 0.3) is 10.0 Å².